The molecule has 1 atom stereocenters. The molecule has 1 unspecified atom stereocenters. The number of carbonyl (C=O) groups excluding carboxylic acids is 3. The van der Waals surface area contributed by atoms with Crippen molar-refractivity contribution in [1.82, 2.24) is 19.8 Å². The third kappa shape index (κ3) is 5.36. The van der Waals surface area contributed by atoms with E-state index >= 15 is 0 Å². The number of rotatable bonds is 6. The zero-order valence-corrected chi connectivity index (χ0v) is 22.5. The van der Waals surface area contributed by atoms with E-state index in [0.717, 1.165) is 41.6 Å². The Bertz CT molecular complexity index is 1330. The second kappa shape index (κ2) is 11.5. The molecule has 2 fully saturated rings. The lowest BCUT2D eigenvalue weighted by Gasteiger charge is -2.31. The summed E-state index contributed by atoms with van der Waals surface area (Å²) >= 11 is 1.49. The molecule has 38 heavy (non-hydrogen) atoms. The average molecular weight is 537 g/mol. The first kappa shape index (κ1) is 26.1. The molecule has 2 saturated heterocycles. The van der Waals surface area contributed by atoms with Crippen LogP contribution in [-0.2, 0) is 9.53 Å². The molecule has 2 aliphatic heterocycles. The number of hydrogen-bond donors (Lipinski definition) is 0. The van der Waals surface area contributed by atoms with Gasteiger partial charge >= 0.3 is 5.97 Å². The number of amides is 2. The van der Waals surface area contributed by atoms with Gasteiger partial charge in [0.25, 0.3) is 11.8 Å². The van der Waals surface area contributed by atoms with Crippen molar-refractivity contribution in [1.29, 1.82) is 0 Å². The van der Waals surface area contributed by atoms with Crippen LogP contribution in [0.1, 0.15) is 64.5 Å². The second-order valence-corrected chi connectivity index (χ2v) is 10.6. The highest BCUT2D eigenvalue weighted by Crippen LogP contribution is 2.32. The molecule has 0 saturated carbocycles. The van der Waals surface area contributed by atoms with E-state index in [1.54, 1.807) is 25.0 Å². The highest BCUT2D eigenvalue weighted by atomic mass is 32.1. The molecule has 3 aromatic rings. The van der Waals surface area contributed by atoms with Gasteiger partial charge in [-0.3, -0.25) is 14.4 Å². The Morgan fingerprint density at radius 3 is 2.53 bits per heavy atom. The first-order valence-corrected chi connectivity index (χ1v) is 14.0. The van der Waals surface area contributed by atoms with Gasteiger partial charge in [0.05, 0.1) is 30.2 Å². The highest BCUT2D eigenvalue weighted by molar-refractivity contribution is 7.09. The van der Waals surface area contributed by atoms with Gasteiger partial charge in [-0.2, -0.15) is 0 Å². The van der Waals surface area contributed by atoms with Crippen molar-refractivity contribution in [2.45, 2.75) is 38.5 Å². The van der Waals surface area contributed by atoms with E-state index in [0.29, 0.717) is 49.9 Å². The molecule has 0 spiro atoms. The fourth-order valence-corrected chi connectivity index (χ4v) is 6.23. The van der Waals surface area contributed by atoms with Gasteiger partial charge in [-0.05, 0) is 44.7 Å². The summed E-state index contributed by atoms with van der Waals surface area (Å²) in [5.74, 6) is 0.0796. The maximum absolute atomic E-state index is 13.3. The standard InChI is InChI=1S/C28H32N4O5S/c1-3-37-28(35)19-7-6-12-32(16-19)27(34)23-17-38-25(30-23)18-10-13-31(14-11-18)26(33)22-15-24(36-2)20-8-4-5-9-21(20)29-22/h4-5,8-9,15,17-19H,3,6-7,10-14,16H2,1-2H3. The van der Waals surface area contributed by atoms with Crippen LogP contribution in [0.25, 0.3) is 10.9 Å². The minimum absolute atomic E-state index is 0.108. The molecule has 0 N–H and O–H groups in total. The predicted octanol–water partition coefficient (Wildman–Crippen LogP) is 4.14. The quantitative estimate of drug-likeness (QED) is 0.437. The van der Waals surface area contributed by atoms with Crippen molar-refractivity contribution in [2.75, 3.05) is 39.9 Å². The number of carbonyl (C=O) groups is 3. The zero-order valence-electron chi connectivity index (χ0n) is 21.7. The molecule has 2 aromatic heterocycles. The fourth-order valence-electron chi connectivity index (χ4n) is 5.26. The maximum Gasteiger partial charge on any atom is 0.310 e. The summed E-state index contributed by atoms with van der Waals surface area (Å²) in [6.45, 7) is 4.32. The molecule has 5 rings (SSSR count). The number of thiazole rings is 1. The van der Waals surface area contributed by atoms with Crippen molar-refractivity contribution in [3.63, 3.8) is 0 Å². The molecule has 0 aliphatic carbocycles. The predicted molar refractivity (Wildman–Crippen MR) is 144 cm³/mol. The van der Waals surface area contributed by atoms with E-state index in [-0.39, 0.29) is 29.6 Å². The smallest absolute Gasteiger partial charge is 0.310 e. The number of ether oxygens (including phenoxy) is 2. The third-order valence-electron chi connectivity index (χ3n) is 7.32. The maximum atomic E-state index is 13.3. The molecule has 10 heteroatoms. The Kier molecular flexibility index (Phi) is 7.87. The monoisotopic (exact) mass is 536 g/mol. The normalized spacial score (nSPS) is 18.4. The first-order valence-electron chi connectivity index (χ1n) is 13.1. The molecule has 4 heterocycles. The van der Waals surface area contributed by atoms with Crippen LogP contribution >= 0.6 is 11.3 Å². The minimum Gasteiger partial charge on any atom is -0.496 e. The number of methoxy groups -OCH3 is 1. The summed E-state index contributed by atoms with van der Waals surface area (Å²) < 4.78 is 10.7. The van der Waals surface area contributed by atoms with E-state index < -0.39 is 0 Å². The third-order valence-corrected chi connectivity index (χ3v) is 8.33. The van der Waals surface area contributed by atoms with Crippen LogP contribution in [0, 0.1) is 5.92 Å². The lowest BCUT2D eigenvalue weighted by Crippen LogP contribution is -2.43. The molecule has 9 nitrogen and oxygen atoms in total. The van der Waals surface area contributed by atoms with Crippen molar-refractivity contribution >= 4 is 40.0 Å². The van der Waals surface area contributed by atoms with E-state index in [4.69, 9.17) is 9.47 Å². The number of fused-ring (bicyclic) bond motifs is 1. The average Bonchev–Trinajstić information content (AvgIpc) is 3.46. The summed E-state index contributed by atoms with van der Waals surface area (Å²) in [7, 11) is 1.60. The summed E-state index contributed by atoms with van der Waals surface area (Å²) in [5, 5.41) is 3.61. The van der Waals surface area contributed by atoms with Crippen molar-refractivity contribution < 1.29 is 23.9 Å². The molecule has 0 radical (unpaired) electrons. The summed E-state index contributed by atoms with van der Waals surface area (Å²) in [4.78, 5) is 51.3. The van der Waals surface area contributed by atoms with Gasteiger partial charge in [0.15, 0.2) is 0 Å². The van der Waals surface area contributed by atoms with Gasteiger partial charge in [0, 0.05) is 48.9 Å². The van der Waals surface area contributed by atoms with Crippen LogP contribution in [0.2, 0.25) is 0 Å². The topological polar surface area (TPSA) is 102 Å². The highest BCUT2D eigenvalue weighted by Gasteiger charge is 2.32. The second-order valence-electron chi connectivity index (χ2n) is 9.71. The molecule has 1 aromatic carbocycles. The number of pyridine rings is 1. The number of likely N-dealkylation sites (tertiary alicyclic amines) is 2. The van der Waals surface area contributed by atoms with Crippen LogP contribution in [-0.4, -0.2) is 77.4 Å². The Morgan fingerprint density at radius 2 is 1.76 bits per heavy atom. The SMILES string of the molecule is CCOC(=O)C1CCCN(C(=O)c2csc(C3CCN(C(=O)c4cc(OC)c5ccccc5n4)CC3)n2)C1. The number of aromatic nitrogens is 2. The Labute approximate surface area is 225 Å². The van der Waals surface area contributed by atoms with Crippen LogP contribution in [0.15, 0.2) is 35.7 Å². The summed E-state index contributed by atoms with van der Waals surface area (Å²) in [5.41, 5.74) is 1.54. The number of esters is 1. The van der Waals surface area contributed by atoms with Crippen LogP contribution in [0.4, 0.5) is 0 Å². The molecule has 200 valence electrons. The Hall–Kier alpha value is -3.53. The number of piperidine rings is 2. The van der Waals surface area contributed by atoms with E-state index in [2.05, 4.69) is 9.97 Å². The largest absolute Gasteiger partial charge is 0.496 e. The van der Waals surface area contributed by atoms with Gasteiger partial charge in [-0.1, -0.05) is 12.1 Å². The van der Waals surface area contributed by atoms with E-state index in [9.17, 15) is 14.4 Å². The van der Waals surface area contributed by atoms with Crippen LogP contribution in [0.3, 0.4) is 0 Å². The van der Waals surface area contributed by atoms with E-state index in [1.807, 2.05) is 34.5 Å². The van der Waals surface area contributed by atoms with Crippen molar-refractivity contribution in [3.05, 3.63) is 52.1 Å². The number of benzene rings is 1. The zero-order chi connectivity index (χ0) is 26.6. The number of hydrogen-bond acceptors (Lipinski definition) is 8. The first-order chi connectivity index (χ1) is 18.5. The Balaban J connectivity index is 1.20. The van der Waals surface area contributed by atoms with Gasteiger partial charge in [0.1, 0.15) is 17.1 Å². The molecule has 2 amide bonds. The molecular formula is C28H32N4O5S. The summed E-state index contributed by atoms with van der Waals surface area (Å²) in [6.07, 6.45) is 3.05. The fraction of sp³-hybridized carbons (Fsp3) is 0.464. The van der Waals surface area contributed by atoms with Crippen LogP contribution in [0.5, 0.6) is 5.75 Å². The summed E-state index contributed by atoms with van der Waals surface area (Å²) in [6, 6.07) is 9.33. The number of nitrogens with zero attached hydrogens (tertiary/aromatic N) is 4. The van der Waals surface area contributed by atoms with Crippen molar-refractivity contribution in [3.8, 4) is 5.75 Å². The molecule has 2 aliphatic rings. The van der Waals surface area contributed by atoms with Gasteiger partial charge in [0.2, 0.25) is 0 Å². The van der Waals surface area contributed by atoms with Gasteiger partial charge in [-0.25, -0.2) is 9.97 Å². The van der Waals surface area contributed by atoms with E-state index in [1.165, 1.54) is 11.3 Å². The Morgan fingerprint density at radius 1 is 1.00 bits per heavy atom. The molecular weight excluding hydrogens is 504 g/mol. The number of para-hydroxylation sites is 1. The van der Waals surface area contributed by atoms with Gasteiger partial charge < -0.3 is 19.3 Å². The molecule has 0 bridgehead atoms. The van der Waals surface area contributed by atoms with Crippen LogP contribution < -0.4 is 4.74 Å². The lowest BCUT2D eigenvalue weighted by atomic mass is 9.97. The minimum atomic E-state index is -0.273. The lowest BCUT2D eigenvalue weighted by molar-refractivity contribution is -0.149. The van der Waals surface area contributed by atoms with Crippen molar-refractivity contribution in [2.24, 2.45) is 5.92 Å². The van der Waals surface area contributed by atoms with Gasteiger partial charge in [-0.15, -0.1) is 11.3 Å².